The van der Waals surface area contributed by atoms with Gasteiger partial charge in [-0.3, -0.25) is 0 Å². The van der Waals surface area contributed by atoms with Crippen molar-refractivity contribution in [3.8, 4) is 0 Å². The average Bonchev–Trinajstić information content (AvgIpc) is 2.04. The Hall–Kier alpha value is -0.0800. The van der Waals surface area contributed by atoms with Gasteiger partial charge in [-0.25, -0.2) is 0 Å². The molecule has 0 aromatic rings. The zero-order valence-electron chi connectivity index (χ0n) is 8.73. The zero-order chi connectivity index (χ0) is 9.45. The van der Waals surface area contributed by atoms with Crippen molar-refractivity contribution in [2.24, 2.45) is 11.1 Å². The molecule has 0 radical (unpaired) electrons. The van der Waals surface area contributed by atoms with Crippen LogP contribution in [0, 0.1) is 5.41 Å². The molecular formula is C10H23NO. The third kappa shape index (κ3) is 6.62. The Labute approximate surface area is 76.5 Å². The van der Waals surface area contributed by atoms with E-state index in [-0.39, 0.29) is 5.41 Å². The summed E-state index contributed by atoms with van der Waals surface area (Å²) in [5.74, 6) is 0. The molecule has 0 heterocycles. The molecule has 0 atom stereocenters. The van der Waals surface area contributed by atoms with Gasteiger partial charge in [-0.05, 0) is 31.2 Å². The van der Waals surface area contributed by atoms with Gasteiger partial charge in [0, 0.05) is 13.2 Å². The van der Waals surface area contributed by atoms with Gasteiger partial charge in [-0.1, -0.05) is 20.8 Å². The number of nitrogens with two attached hydrogens (primary N) is 1. The third-order valence-electron chi connectivity index (χ3n) is 2.04. The van der Waals surface area contributed by atoms with Gasteiger partial charge < -0.3 is 10.5 Å². The number of rotatable bonds is 7. The van der Waals surface area contributed by atoms with Crippen molar-refractivity contribution in [2.75, 3.05) is 19.8 Å². The summed E-state index contributed by atoms with van der Waals surface area (Å²) in [6.07, 6.45) is 3.40. The Morgan fingerprint density at radius 2 is 1.92 bits per heavy atom. The highest BCUT2D eigenvalue weighted by atomic mass is 16.5. The fourth-order valence-corrected chi connectivity index (χ4v) is 1.00. The minimum atomic E-state index is 0.287. The predicted molar refractivity (Wildman–Crippen MR) is 53.2 cm³/mol. The summed E-state index contributed by atoms with van der Waals surface area (Å²) in [4.78, 5) is 0. The zero-order valence-corrected chi connectivity index (χ0v) is 8.73. The van der Waals surface area contributed by atoms with E-state index in [9.17, 15) is 0 Å². The van der Waals surface area contributed by atoms with Gasteiger partial charge in [0.05, 0.1) is 0 Å². The van der Waals surface area contributed by atoms with Crippen LogP contribution >= 0.6 is 0 Å². The van der Waals surface area contributed by atoms with E-state index >= 15 is 0 Å². The quantitative estimate of drug-likeness (QED) is 0.599. The van der Waals surface area contributed by atoms with Gasteiger partial charge >= 0.3 is 0 Å². The van der Waals surface area contributed by atoms with Gasteiger partial charge in [0.2, 0.25) is 0 Å². The van der Waals surface area contributed by atoms with Crippen LogP contribution in [0.4, 0.5) is 0 Å². The molecule has 0 fully saturated rings. The Morgan fingerprint density at radius 3 is 2.42 bits per heavy atom. The van der Waals surface area contributed by atoms with Crippen molar-refractivity contribution < 1.29 is 4.74 Å². The Balaban J connectivity index is 3.19. The van der Waals surface area contributed by atoms with E-state index < -0.39 is 0 Å². The standard InChI is InChI=1S/C10H23NO/c1-4-7-12-8-5-6-10(2,3)9-11/h4-9,11H2,1-3H3. The Bertz CT molecular complexity index is 102. The van der Waals surface area contributed by atoms with Gasteiger partial charge in [0.1, 0.15) is 0 Å². The van der Waals surface area contributed by atoms with Crippen LogP contribution in [0.1, 0.15) is 40.0 Å². The molecule has 0 saturated carbocycles. The summed E-state index contributed by atoms with van der Waals surface area (Å²) in [7, 11) is 0. The molecule has 0 aliphatic heterocycles. The fourth-order valence-electron chi connectivity index (χ4n) is 1.00. The topological polar surface area (TPSA) is 35.2 Å². The average molecular weight is 173 g/mol. The second-order valence-corrected chi connectivity index (χ2v) is 4.08. The summed E-state index contributed by atoms with van der Waals surface area (Å²) in [5.41, 5.74) is 5.89. The minimum absolute atomic E-state index is 0.287. The Kier molecular flexibility index (Phi) is 6.39. The summed E-state index contributed by atoms with van der Waals surface area (Å²) >= 11 is 0. The minimum Gasteiger partial charge on any atom is -0.381 e. The number of hydrogen-bond acceptors (Lipinski definition) is 2. The molecule has 0 spiro atoms. The maximum atomic E-state index is 5.61. The maximum absolute atomic E-state index is 5.61. The van der Waals surface area contributed by atoms with Crippen molar-refractivity contribution in [1.82, 2.24) is 0 Å². The fraction of sp³-hybridized carbons (Fsp3) is 1.00. The van der Waals surface area contributed by atoms with Crippen LogP contribution in [0.25, 0.3) is 0 Å². The molecule has 2 heteroatoms. The lowest BCUT2D eigenvalue weighted by molar-refractivity contribution is 0.122. The third-order valence-corrected chi connectivity index (χ3v) is 2.04. The second-order valence-electron chi connectivity index (χ2n) is 4.08. The van der Waals surface area contributed by atoms with Crippen LogP contribution in [-0.4, -0.2) is 19.8 Å². The molecule has 0 aromatic carbocycles. The predicted octanol–water partition coefficient (Wildman–Crippen LogP) is 2.18. The monoisotopic (exact) mass is 173 g/mol. The molecule has 0 amide bonds. The molecule has 0 saturated heterocycles. The number of hydrogen-bond donors (Lipinski definition) is 1. The summed E-state index contributed by atoms with van der Waals surface area (Å²) in [6, 6.07) is 0. The molecule has 0 aliphatic rings. The summed E-state index contributed by atoms with van der Waals surface area (Å²) in [5, 5.41) is 0. The molecule has 0 bridgehead atoms. The van der Waals surface area contributed by atoms with Gasteiger partial charge in [-0.15, -0.1) is 0 Å². The van der Waals surface area contributed by atoms with E-state index in [0.29, 0.717) is 0 Å². The molecule has 0 unspecified atom stereocenters. The van der Waals surface area contributed by atoms with E-state index in [1.165, 1.54) is 0 Å². The van der Waals surface area contributed by atoms with E-state index in [0.717, 1.165) is 39.0 Å². The first kappa shape index (κ1) is 11.9. The van der Waals surface area contributed by atoms with Crippen LogP contribution < -0.4 is 5.73 Å². The van der Waals surface area contributed by atoms with Gasteiger partial charge in [-0.2, -0.15) is 0 Å². The SMILES string of the molecule is CCCOCCCC(C)(C)CN. The van der Waals surface area contributed by atoms with Crippen LogP contribution in [0.15, 0.2) is 0 Å². The highest BCUT2D eigenvalue weighted by Gasteiger charge is 2.14. The van der Waals surface area contributed by atoms with Crippen LogP contribution in [-0.2, 0) is 4.74 Å². The molecular weight excluding hydrogens is 150 g/mol. The van der Waals surface area contributed by atoms with Crippen LogP contribution in [0.5, 0.6) is 0 Å². The van der Waals surface area contributed by atoms with E-state index in [1.54, 1.807) is 0 Å². The maximum Gasteiger partial charge on any atom is 0.0466 e. The van der Waals surface area contributed by atoms with Crippen molar-refractivity contribution in [1.29, 1.82) is 0 Å². The molecule has 12 heavy (non-hydrogen) atoms. The second kappa shape index (κ2) is 6.44. The summed E-state index contributed by atoms with van der Waals surface area (Å²) in [6.45, 7) is 9.07. The van der Waals surface area contributed by atoms with E-state index in [2.05, 4.69) is 20.8 Å². The van der Waals surface area contributed by atoms with Crippen LogP contribution in [0.2, 0.25) is 0 Å². The first-order chi connectivity index (χ1) is 5.62. The largest absolute Gasteiger partial charge is 0.381 e. The van der Waals surface area contributed by atoms with Gasteiger partial charge in [0.25, 0.3) is 0 Å². The Morgan fingerprint density at radius 1 is 1.25 bits per heavy atom. The first-order valence-corrected chi connectivity index (χ1v) is 4.90. The molecule has 0 rings (SSSR count). The van der Waals surface area contributed by atoms with Crippen LogP contribution in [0.3, 0.4) is 0 Å². The van der Waals surface area contributed by atoms with Crippen molar-refractivity contribution >= 4 is 0 Å². The van der Waals surface area contributed by atoms with Crippen molar-refractivity contribution in [3.05, 3.63) is 0 Å². The molecule has 0 aliphatic carbocycles. The molecule has 2 N–H and O–H groups in total. The van der Waals surface area contributed by atoms with Gasteiger partial charge in [0.15, 0.2) is 0 Å². The lowest BCUT2D eigenvalue weighted by Crippen LogP contribution is -2.23. The van der Waals surface area contributed by atoms with Crippen molar-refractivity contribution in [2.45, 2.75) is 40.0 Å². The molecule has 2 nitrogen and oxygen atoms in total. The number of ether oxygens (including phenoxy) is 1. The highest BCUT2D eigenvalue weighted by molar-refractivity contribution is 4.68. The highest BCUT2D eigenvalue weighted by Crippen LogP contribution is 2.19. The molecule has 74 valence electrons. The van der Waals surface area contributed by atoms with E-state index in [1.807, 2.05) is 0 Å². The summed E-state index contributed by atoms with van der Waals surface area (Å²) < 4.78 is 5.38. The molecule has 0 aromatic heterocycles. The smallest absolute Gasteiger partial charge is 0.0466 e. The first-order valence-electron chi connectivity index (χ1n) is 4.90. The lowest BCUT2D eigenvalue weighted by Gasteiger charge is -2.21. The lowest BCUT2D eigenvalue weighted by atomic mass is 9.88. The van der Waals surface area contributed by atoms with E-state index in [4.69, 9.17) is 10.5 Å². The normalized spacial score (nSPS) is 12.0. The van der Waals surface area contributed by atoms with Crippen molar-refractivity contribution in [3.63, 3.8) is 0 Å².